The average Bonchev–Trinajstić information content (AvgIpc) is 1.82. The van der Waals surface area contributed by atoms with Crippen LogP contribution in [0.25, 0.3) is 0 Å². The zero-order valence-corrected chi connectivity index (χ0v) is 6.17. The SMILES string of the molecule is CC(C)[C@H](CO)CCO. The summed E-state index contributed by atoms with van der Waals surface area (Å²) >= 11 is 0. The van der Waals surface area contributed by atoms with Crippen LogP contribution in [0.1, 0.15) is 20.3 Å². The topological polar surface area (TPSA) is 40.5 Å². The zero-order chi connectivity index (χ0) is 7.28. The van der Waals surface area contributed by atoms with E-state index in [0.29, 0.717) is 12.3 Å². The molecule has 0 aliphatic rings. The number of rotatable bonds is 4. The summed E-state index contributed by atoms with van der Waals surface area (Å²) in [5.41, 5.74) is 0. The number of hydrogen-bond acceptors (Lipinski definition) is 2. The van der Waals surface area contributed by atoms with Gasteiger partial charge in [0.1, 0.15) is 0 Å². The van der Waals surface area contributed by atoms with Gasteiger partial charge in [-0.3, -0.25) is 0 Å². The van der Waals surface area contributed by atoms with Gasteiger partial charge in [0.05, 0.1) is 0 Å². The quantitative estimate of drug-likeness (QED) is 0.589. The molecule has 0 fully saturated rings. The largest absolute Gasteiger partial charge is 0.396 e. The van der Waals surface area contributed by atoms with Crippen LogP contribution in [0.3, 0.4) is 0 Å². The average molecular weight is 132 g/mol. The number of hydrogen-bond donors (Lipinski definition) is 2. The summed E-state index contributed by atoms with van der Waals surface area (Å²) in [4.78, 5) is 0. The molecule has 0 aliphatic heterocycles. The Hall–Kier alpha value is -0.0800. The van der Waals surface area contributed by atoms with Crippen molar-refractivity contribution >= 4 is 0 Å². The first-order valence-electron chi connectivity index (χ1n) is 3.44. The molecule has 0 amide bonds. The summed E-state index contributed by atoms with van der Waals surface area (Å²) in [6.45, 7) is 4.48. The van der Waals surface area contributed by atoms with Crippen molar-refractivity contribution in [3.05, 3.63) is 0 Å². The van der Waals surface area contributed by atoms with Gasteiger partial charge in [-0.15, -0.1) is 0 Å². The Morgan fingerprint density at radius 2 is 1.78 bits per heavy atom. The Kier molecular flexibility index (Phi) is 4.72. The maximum absolute atomic E-state index is 8.72. The number of aliphatic hydroxyl groups excluding tert-OH is 2. The predicted molar refractivity (Wildman–Crippen MR) is 37.1 cm³/mol. The predicted octanol–water partition coefficient (Wildman–Crippen LogP) is 0.633. The molecule has 56 valence electrons. The van der Waals surface area contributed by atoms with Crippen molar-refractivity contribution in [1.29, 1.82) is 0 Å². The van der Waals surface area contributed by atoms with Gasteiger partial charge in [0.25, 0.3) is 0 Å². The second-order valence-electron chi connectivity index (χ2n) is 2.70. The highest BCUT2D eigenvalue weighted by Gasteiger charge is 2.09. The molecular weight excluding hydrogens is 116 g/mol. The van der Waals surface area contributed by atoms with Crippen molar-refractivity contribution in [2.24, 2.45) is 11.8 Å². The van der Waals surface area contributed by atoms with Crippen molar-refractivity contribution in [2.45, 2.75) is 20.3 Å². The van der Waals surface area contributed by atoms with Gasteiger partial charge in [-0.05, 0) is 18.3 Å². The Morgan fingerprint density at radius 3 is 1.89 bits per heavy atom. The Labute approximate surface area is 56.5 Å². The second kappa shape index (κ2) is 4.77. The fourth-order valence-corrected chi connectivity index (χ4v) is 0.801. The fraction of sp³-hybridized carbons (Fsp3) is 1.00. The maximum atomic E-state index is 8.72. The van der Waals surface area contributed by atoms with E-state index in [-0.39, 0.29) is 19.1 Å². The van der Waals surface area contributed by atoms with E-state index >= 15 is 0 Å². The third-order valence-corrected chi connectivity index (χ3v) is 1.68. The van der Waals surface area contributed by atoms with Gasteiger partial charge >= 0.3 is 0 Å². The molecule has 0 spiro atoms. The molecule has 2 nitrogen and oxygen atoms in total. The van der Waals surface area contributed by atoms with E-state index in [1.807, 2.05) is 0 Å². The minimum Gasteiger partial charge on any atom is -0.396 e. The first-order valence-corrected chi connectivity index (χ1v) is 3.44. The highest BCUT2D eigenvalue weighted by molar-refractivity contribution is 4.59. The molecular formula is C7H16O2. The van der Waals surface area contributed by atoms with E-state index in [9.17, 15) is 0 Å². The molecule has 0 bridgehead atoms. The normalized spacial score (nSPS) is 14.3. The lowest BCUT2D eigenvalue weighted by Gasteiger charge is -2.15. The molecule has 0 rings (SSSR count). The molecule has 0 radical (unpaired) electrons. The molecule has 0 aromatic carbocycles. The lowest BCUT2D eigenvalue weighted by atomic mass is 9.94. The third-order valence-electron chi connectivity index (χ3n) is 1.68. The summed E-state index contributed by atoms with van der Waals surface area (Å²) in [5, 5.41) is 17.2. The third kappa shape index (κ3) is 3.49. The van der Waals surface area contributed by atoms with Crippen LogP contribution in [-0.4, -0.2) is 23.4 Å². The van der Waals surface area contributed by atoms with Crippen LogP contribution in [0, 0.1) is 11.8 Å². The zero-order valence-electron chi connectivity index (χ0n) is 6.17. The van der Waals surface area contributed by atoms with Crippen LogP contribution in [0.4, 0.5) is 0 Å². The van der Waals surface area contributed by atoms with Crippen LogP contribution in [-0.2, 0) is 0 Å². The minimum atomic E-state index is 0.184. The van der Waals surface area contributed by atoms with E-state index in [1.54, 1.807) is 0 Å². The molecule has 2 N–H and O–H groups in total. The van der Waals surface area contributed by atoms with E-state index in [2.05, 4.69) is 13.8 Å². The molecule has 0 saturated heterocycles. The number of aliphatic hydroxyl groups is 2. The molecule has 0 unspecified atom stereocenters. The highest BCUT2D eigenvalue weighted by Crippen LogP contribution is 2.12. The van der Waals surface area contributed by atoms with Crippen LogP contribution in [0.2, 0.25) is 0 Å². The van der Waals surface area contributed by atoms with Crippen molar-refractivity contribution < 1.29 is 10.2 Å². The van der Waals surface area contributed by atoms with Crippen LogP contribution in [0.5, 0.6) is 0 Å². The van der Waals surface area contributed by atoms with Gasteiger partial charge in [0.15, 0.2) is 0 Å². The van der Waals surface area contributed by atoms with Gasteiger partial charge in [0.2, 0.25) is 0 Å². The van der Waals surface area contributed by atoms with Crippen LogP contribution >= 0.6 is 0 Å². The lowest BCUT2D eigenvalue weighted by Crippen LogP contribution is -2.14. The molecule has 1 atom stereocenters. The smallest absolute Gasteiger partial charge is 0.0462 e. The molecule has 0 aromatic heterocycles. The summed E-state index contributed by atoms with van der Waals surface area (Å²) in [5.74, 6) is 0.747. The van der Waals surface area contributed by atoms with Gasteiger partial charge in [-0.25, -0.2) is 0 Å². The van der Waals surface area contributed by atoms with E-state index in [4.69, 9.17) is 10.2 Å². The standard InChI is InChI=1S/C7H16O2/c1-6(2)7(5-9)3-4-8/h6-9H,3-5H2,1-2H3/t7-/m0/s1. The summed E-state index contributed by atoms with van der Waals surface area (Å²) in [6, 6.07) is 0. The van der Waals surface area contributed by atoms with Crippen LogP contribution in [0.15, 0.2) is 0 Å². The molecule has 0 aromatic rings. The van der Waals surface area contributed by atoms with Crippen molar-refractivity contribution in [1.82, 2.24) is 0 Å². The van der Waals surface area contributed by atoms with Gasteiger partial charge in [-0.1, -0.05) is 13.8 Å². The van der Waals surface area contributed by atoms with Gasteiger partial charge < -0.3 is 10.2 Å². The molecule has 0 aliphatic carbocycles. The van der Waals surface area contributed by atoms with Crippen molar-refractivity contribution in [3.8, 4) is 0 Å². The van der Waals surface area contributed by atoms with E-state index < -0.39 is 0 Å². The van der Waals surface area contributed by atoms with Crippen molar-refractivity contribution in [2.75, 3.05) is 13.2 Å². The Morgan fingerprint density at radius 1 is 1.22 bits per heavy atom. The second-order valence-corrected chi connectivity index (χ2v) is 2.70. The van der Waals surface area contributed by atoms with E-state index in [1.165, 1.54) is 0 Å². The lowest BCUT2D eigenvalue weighted by molar-refractivity contribution is 0.152. The van der Waals surface area contributed by atoms with Gasteiger partial charge in [0, 0.05) is 13.2 Å². The van der Waals surface area contributed by atoms with Gasteiger partial charge in [-0.2, -0.15) is 0 Å². The summed E-state index contributed by atoms with van der Waals surface area (Å²) in [7, 11) is 0. The van der Waals surface area contributed by atoms with Crippen LogP contribution < -0.4 is 0 Å². The maximum Gasteiger partial charge on any atom is 0.0462 e. The molecule has 9 heavy (non-hydrogen) atoms. The molecule has 0 heterocycles. The first kappa shape index (κ1) is 8.92. The molecule has 0 saturated carbocycles. The minimum absolute atomic E-state index is 0.184. The summed E-state index contributed by atoms with van der Waals surface area (Å²) < 4.78 is 0. The highest BCUT2D eigenvalue weighted by atomic mass is 16.3. The monoisotopic (exact) mass is 132 g/mol. The first-order chi connectivity index (χ1) is 4.22. The van der Waals surface area contributed by atoms with E-state index in [0.717, 1.165) is 0 Å². The summed E-state index contributed by atoms with van der Waals surface area (Å²) in [6.07, 6.45) is 0.716. The Balaban J connectivity index is 3.41. The molecule has 2 heteroatoms. The van der Waals surface area contributed by atoms with Crippen molar-refractivity contribution in [3.63, 3.8) is 0 Å². The Bertz CT molecular complexity index is 61.9. The fourth-order valence-electron chi connectivity index (χ4n) is 0.801.